The van der Waals surface area contributed by atoms with Crippen molar-refractivity contribution in [2.75, 3.05) is 52.6 Å². The zero-order chi connectivity index (χ0) is 19.2. The summed E-state index contributed by atoms with van der Waals surface area (Å²) < 4.78 is 17.2. The van der Waals surface area contributed by atoms with Gasteiger partial charge in [0.05, 0.1) is 32.5 Å². The van der Waals surface area contributed by atoms with Crippen LogP contribution in [0.2, 0.25) is 0 Å². The summed E-state index contributed by atoms with van der Waals surface area (Å²) in [6, 6.07) is 0. The average molecular weight is 373 g/mol. The van der Waals surface area contributed by atoms with Crippen LogP contribution in [0.4, 0.5) is 0 Å². The highest BCUT2D eigenvalue weighted by atomic mass is 16.5. The van der Waals surface area contributed by atoms with Crippen LogP contribution in [0, 0.1) is 11.3 Å². The lowest BCUT2D eigenvalue weighted by Gasteiger charge is -2.42. The molecule has 3 atom stereocenters. The van der Waals surface area contributed by atoms with Gasteiger partial charge < -0.3 is 23.8 Å². The largest absolute Gasteiger partial charge is 0.462 e. The molecule has 1 saturated carbocycles. The molecule has 1 heterocycles. The van der Waals surface area contributed by atoms with Crippen molar-refractivity contribution in [3.63, 3.8) is 0 Å². The fourth-order valence-electron chi connectivity index (χ4n) is 4.75. The number of aliphatic hydroxyl groups is 1. The van der Waals surface area contributed by atoms with E-state index in [4.69, 9.17) is 14.2 Å². The Balaban J connectivity index is 1.86. The van der Waals surface area contributed by atoms with Crippen LogP contribution in [0.1, 0.15) is 47.0 Å². The van der Waals surface area contributed by atoms with Crippen molar-refractivity contribution < 1.29 is 28.6 Å². The maximum absolute atomic E-state index is 12.0. The standard InChI is InChI=1S/C20H38NO5/c1-5-25-19(23)14-21(6-8-24-9-7-21)13-17(22)15-26-18-10-16(2)11-20(3,4)12-18/h16-18,22H,5-15H2,1-4H3/q+1/t16-,17+,18-/m0/s1. The molecule has 0 spiro atoms. The van der Waals surface area contributed by atoms with Crippen LogP contribution in [0.25, 0.3) is 0 Å². The number of aliphatic hydroxyl groups excluding tert-OH is 1. The molecule has 0 amide bonds. The number of esters is 1. The number of quaternary nitrogens is 1. The second-order valence-corrected chi connectivity index (χ2v) is 9.07. The molecule has 152 valence electrons. The van der Waals surface area contributed by atoms with Crippen molar-refractivity contribution >= 4 is 5.97 Å². The number of morpholine rings is 1. The molecule has 1 aliphatic carbocycles. The van der Waals surface area contributed by atoms with Gasteiger partial charge in [-0.2, -0.15) is 0 Å². The maximum atomic E-state index is 12.0. The molecule has 0 aromatic carbocycles. The van der Waals surface area contributed by atoms with E-state index in [0.29, 0.717) is 55.3 Å². The smallest absolute Gasteiger partial charge is 0.361 e. The fraction of sp³-hybridized carbons (Fsp3) is 0.950. The summed E-state index contributed by atoms with van der Waals surface area (Å²) in [6.07, 6.45) is 2.97. The lowest BCUT2D eigenvalue weighted by molar-refractivity contribution is -0.931. The number of carbonyl (C=O) groups is 1. The van der Waals surface area contributed by atoms with E-state index in [0.717, 1.165) is 25.9 Å². The zero-order valence-corrected chi connectivity index (χ0v) is 17.0. The molecule has 2 rings (SSSR count). The van der Waals surface area contributed by atoms with Crippen LogP contribution in [-0.2, 0) is 19.0 Å². The van der Waals surface area contributed by atoms with Crippen LogP contribution in [0.3, 0.4) is 0 Å². The summed E-state index contributed by atoms with van der Waals surface area (Å²) in [5.74, 6) is 0.452. The van der Waals surface area contributed by atoms with Gasteiger partial charge in [-0.25, -0.2) is 4.79 Å². The van der Waals surface area contributed by atoms with Gasteiger partial charge in [0.25, 0.3) is 0 Å². The number of ether oxygens (including phenoxy) is 3. The van der Waals surface area contributed by atoms with Crippen molar-refractivity contribution in [3.05, 3.63) is 0 Å². The van der Waals surface area contributed by atoms with Crippen molar-refractivity contribution in [2.24, 2.45) is 11.3 Å². The average Bonchev–Trinajstić information content (AvgIpc) is 2.52. The molecule has 2 fully saturated rings. The second-order valence-electron chi connectivity index (χ2n) is 9.07. The number of hydrogen-bond acceptors (Lipinski definition) is 5. The molecule has 26 heavy (non-hydrogen) atoms. The first-order valence-corrected chi connectivity index (χ1v) is 10.1. The second kappa shape index (κ2) is 9.49. The lowest BCUT2D eigenvalue weighted by Crippen LogP contribution is -2.60. The molecular weight excluding hydrogens is 334 g/mol. The molecule has 0 unspecified atom stereocenters. The molecule has 0 radical (unpaired) electrons. The van der Waals surface area contributed by atoms with E-state index in [9.17, 15) is 9.90 Å². The summed E-state index contributed by atoms with van der Waals surface area (Å²) in [6.45, 7) is 12.9. The molecule has 1 aliphatic heterocycles. The summed E-state index contributed by atoms with van der Waals surface area (Å²) >= 11 is 0. The normalized spacial score (nSPS) is 29.1. The predicted molar refractivity (Wildman–Crippen MR) is 99.7 cm³/mol. The lowest BCUT2D eigenvalue weighted by atomic mass is 9.71. The Labute approximate surface area is 158 Å². The molecule has 2 aliphatic rings. The quantitative estimate of drug-likeness (QED) is 0.521. The van der Waals surface area contributed by atoms with Gasteiger partial charge in [0.1, 0.15) is 25.7 Å². The third-order valence-electron chi connectivity index (χ3n) is 5.66. The Hall–Kier alpha value is -0.690. The highest BCUT2D eigenvalue weighted by molar-refractivity contribution is 5.70. The van der Waals surface area contributed by atoms with Gasteiger partial charge >= 0.3 is 5.97 Å². The topological polar surface area (TPSA) is 65.0 Å². The van der Waals surface area contributed by atoms with Gasteiger partial charge in [0, 0.05) is 0 Å². The minimum atomic E-state index is -0.581. The number of nitrogens with zero attached hydrogens (tertiary/aromatic N) is 1. The summed E-state index contributed by atoms with van der Waals surface area (Å²) in [4.78, 5) is 12.0. The first kappa shape index (κ1) is 21.6. The van der Waals surface area contributed by atoms with E-state index in [1.807, 2.05) is 6.92 Å². The van der Waals surface area contributed by atoms with Gasteiger partial charge in [-0.3, -0.25) is 0 Å². The van der Waals surface area contributed by atoms with E-state index in [-0.39, 0.29) is 12.1 Å². The molecule has 1 saturated heterocycles. The Morgan fingerprint density at radius 1 is 1.31 bits per heavy atom. The van der Waals surface area contributed by atoms with E-state index in [1.165, 1.54) is 6.42 Å². The summed E-state index contributed by atoms with van der Waals surface area (Å²) in [5, 5.41) is 10.6. The van der Waals surface area contributed by atoms with Crippen molar-refractivity contribution in [1.82, 2.24) is 0 Å². The SMILES string of the molecule is CCOC(=O)C[N+]1(C[C@@H](O)CO[C@H]2C[C@H](C)CC(C)(C)C2)CCOCC1. The van der Waals surface area contributed by atoms with Gasteiger partial charge in [-0.1, -0.05) is 20.8 Å². The molecule has 1 N–H and O–H groups in total. The van der Waals surface area contributed by atoms with Crippen LogP contribution in [0.15, 0.2) is 0 Å². The van der Waals surface area contributed by atoms with Crippen LogP contribution in [-0.4, -0.2) is 80.4 Å². The molecule has 6 nitrogen and oxygen atoms in total. The third-order valence-corrected chi connectivity index (χ3v) is 5.66. The monoisotopic (exact) mass is 372 g/mol. The number of rotatable bonds is 8. The Morgan fingerprint density at radius 2 is 2.00 bits per heavy atom. The third kappa shape index (κ3) is 6.80. The van der Waals surface area contributed by atoms with Crippen molar-refractivity contribution in [2.45, 2.75) is 59.2 Å². The Bertz CT molecular complexity index is 447. The van der Waals surface area contributed by atoms with Gasteiger partial charge in [0.15, 0.2) is 6.54 Å². The van der Waals surface area contributed by atoms with Gasteiger partial charge in [-0.05, 0) is 37.5 Å². The number of hydrogen-bond donors (Lipinski definition) is 1. The Kier molecular flexibility index (Phi) is 7.89. The first-order chi connectivity index (χ1) is 12.2. The Morgan fingerprint density at radius 3 is 2.62 bits per heavy atom. The van der Waals surface area contributed by atoms with Crippen LogP contribution >= 0.6 is 0 Å². The number of carbonyl (C=O) groups excluding carboxylic acids is 1. The van der Waals surface area contributed by atoms with E-state index < -0.39 is 6.10 Å². The van der Waals surface area contributed by atoms with E-state index >= 15 is 0 Å². The van der Waals surface area contributed by atoms with Gasteiger partial charge in [0.2, 0.25) is 0 Å². The van der Waals surface area contributed by atoms with Crippen molar-refractivity contribution in [1.29, 1.82) is 0 Å². The molecule has 0 bridgehead atoms. The molecule has 0 aromatic rings. The minimum absolute atomic E-state index is 0.203. The highest BCUT2D eigenvalue weighted by Gasteiger charge is 2.37. The van der Waals surface area contributed by atoms with E-state index in [1.54, 1.807) is 0 Å². The minimum Gasteiger partial charge on any atom is -0.462 e. The molecular formula is C20H38NO5+. The summed E-state index contributed by atoms with van der Waals surface area (Å²) in [7, 11) is 0. The van der Waals surface area contributed by atoms with Crippen LogP contribution < -0.4 is 0 Å². The maximum Gasteiger partial charge on any atom is 0.361 e. The predicted octanol–water partition coefficient (Wildman–Crippen LogP) is 1.99. The van der Waals surface area contributed by atoms with E-state index in [2.05, 4.69) is 20.8 Å². The first-order valence-electron chi connectivity index (χ1n) is 10.1. The molecule has 6 heteroatoms. The van der Waals surface area contributed by atoms with Crippen molar-refractivity contribution in [3.8, 4) is 0 Å². The fourth-order valence-corrected chi connectivity index (χ4v) is 4.75. The molecule has 0 aromatic heterocycles. The highest BCUT2D eigenvalue weighted by Crippen LogP contribution is 2.39. The van der Waals surface area contributed by atoms with Crippen LogP contribution in [0.5, 0.6) is 0 Å². The summed E-state index contributed by atoms with van der Waals surface area (Å²) in [5.41, 5.74) is 0.301. The van der Waals surface area contributed by atoms with Gasteiger partial charge in [-0.15, -0.1) is 0 Å². The zero-order valence-electron chi connectivity index (χ0n) is 17.0.